The highest BCUT2D eigenvalue weighted by molar-refractivity contribution is 9.10. The summed E-state index contributed by atoms with van der Waals surface area (Å²) >= 11 is 3.56. The van der Waals surface area contributed by atoms with Gasteiger partial charge in [0, 0.05) is 15.6 Å². The van der Waals surface area contributed by atoms with Crippen molar-refractivity contribution in [3.05, 3.63) is 106 Å². The van der Waals surface area contributed by atoms with Crippen molar-refractivity contribution < 1.29 is 9.47 Å². The molecular formula is C26H21BrN4O2. The van der Waals surface area contributed by atoms with Gasteiger partial charge in [-0.25, -0.2) is 4.68 Å². The Labute approximate surface area is 200 Å². The lowest BCUT2D eigenvalue weighted by molar-refractivity contribution is 0.223. The van der Waals surface area contributed by atoms with Gasteiger partial charge in [0.2, 0.25) is 5.95 Å². The van der Waals surface area contributed by atoms with Gasteiger partial charge >= 0.3 is 0 Å². The fourth-order valence-corrected chi connectivity index (χ4v) is 4.83. The minimum absolute atomic E-state index is 0.170. The van der Waals surface area contributed by atoms with E-state index in [1.807, 2.05) is 41.9 Å². The van der Waals surface area contributed by atoms with Gasteiger partial charge in [-0.2, -0.15) is 10.1 Å². The average Bonchev–Trinajstić information content (AvgIpc) is 3.32. The molecule has 6 rings (SSSR count). The minimum atomic E-state index is -0.302. The molecule has 0 spiro atoms. The first-order chi connectivity index (χ1) is 16.2. The summed E-state index contributed by atoms with van der Waals surface area (Å²) in [6, 6.07) is 24.4. The fraction of sp³-hybridized carbons (Fsp3) is 0.154. The second-order valence-electron chi connectivity index (χ2n) is 7.93. The van der Waals surface area contributed by atoms with Crippen LogP contribution in [0.4, 0.5) is 5.95 Å². The van der Waals surface area contributed by atoms with Gasteiger partial charge in [-0.15, -0.1) is 0 Å². The predicted molar refractivity (Wildman–Crippen MR) is 130 cm³/mol. The zero-order valence-electron chi connectivity index (χ0n) is 17.9. The van der Waals surface area contributed by atoms with Crippen molar-refractivity contribution in [3.8, 4) is 11.5 Å². The first kappa shape index (κ1) is 20.1. The molecule has 1 aromatic heterocycles. The zero-order valence-corrected chi connectivity index (χ0v) is 19.5. The number of hydrogen-bond donors (Lipinski definition) is 1. The quantitative estimate of drug-likeness (QED) is 0.372. The highest BCUT2D eigenvalue weighted by Crippen LogP contribution is 2.50. The highest BCUT2D eigenvalue weighted by atomic mass is 79.9. The molecule has 2 aliphatic rings. The molecule has 0 unspecified atom stereocenters. The van der Waals surface area contributed by atoms with E-state index in [-0.39, 0.29) is 12.1 Å². The average molecular weight is 501 g/mol. The van der Waals surface area contributed by atoms with Gasteiger partial charge in [-0.05, 0) is 54.4 Å². The van der Waals surface area contributed by atoms with E-state index in [0.29, 0.717) is 12.6 Å². The predicted octanol–water partition coefficient (Wildman–Crippen LogP) is 6.00. The van der Waals surface area contributed by atoms with Gasteiger partial charge in [0.25, 0.3) is 0 Å². The first-order valence-corrected chi connectivity index (χ1v) is 11.7. The molecule has 2 aliphatic heterocycles. The number of ether oxygens (including phenoxy) is 2. The molecule has 1 N–H and O–H groups in total. The topological polar surface area (TPSA) is 61.2 Å². The fourth-order valence-electron chi connectivity index (χ4n) is 4.56. The molecule has 4 aromatic rings. The molecule has 6 nitrogen and oxygen atoms in total. The smallest absolute Gasteiger partial charge is 0.226 e. The molecule has 0 amide bonds. The van der Waals surface area contributed by atoms with Crippen LogP contribution in [0.25, 0.3) is 5.70 Å². The van der Waals surface area contributed by atoms with Crippen molar-refractivity contribution in [2.75, 3.05) is 11.9 Å². The van der Waals surface area contributed by atoms with Crippen LogP contribution >= 0.6 is 15.9 Å². The summed E-state index contributed by atoms with van der Waals surface area (Å²) in [6.45, 7) is 2.62. The maximum absolute atomic E-state index is 6.64. The molecule has 3 aromatic carbocycles. The normalized spacial score (nSPS) is 18.5. The van der Waals surface area contributed by atoms with Gasteiger partial charge in [0.1, 0.15) is 30.0 Å². The Bertz CT molecular complexity index is 1350. The van der Waals surface area contributed by atoms with Crippen LogP contribution in [0.2, 0.25) is 0 Å². The third kappa shape index (κ3) is 3.40. The summed E-state index contributed by atoms with van der Waals surface area (Å²) in [5.74, 6) is 2.39. The standard InChI is InChI=1S/C26H21BrN4O2/c1-2-32-19-13-9-17(10-14-19)25-22-23(20-5-3-4-6-21(20)33-25)30-26-28-15-29-31(26)24(22)16-7-11-18(27)12-8-16/h3-15,24-25H,2H2,1H3,(H,28,29,30)/t24-,25-/m1/s1. The van der Waals surface area contributed by atoms with Crippen LogP contribution in [-0.2, 0) is 0 Å². The van der Waals surface area contributed by atoms with Gasteiger partial charge in [-0.1, -0.05) is 52.3 Å². The Hall–Kier alpha value is -3.58. The van der Waals surface area contributed by atoms with Gasteiger partial charge in [0.15, 0.2) is 0 Å². The van der Waals surface area contributed by atoms with Crippen molar-refractivity contribution in [1.82, 2.24) is 14.8 Å². The Kier molecular flexibility index (Phi) is 4.91. The maximum Gasteiger partial charge on any atom is 0.226 e. The van der Waals surface area contributed by atoms with E-state index in [1.165, 1.54) is 0 Å². The van der Waals surface area contributed by atoms with Crippen LogP contribution in [0.5, 0.6) is 11.5 Å². The van der Waals surface area contributed by atoms with Gasteiger partial charge in [0.05, 0.1) is 12.3 Å². The van der Waals surface area contributed by atoms with E-state index >= 15 is 0 Å². The van der Waals surface area contributed by atoms with Crippen LogP contribution in [0, 0.1) is 0 Å². The number of fused-ring (bicyclic) bond motifs is 3. The van der Waals surface area contributed by atoms with Crippen molar-refractivity contribution in [2.45, 2.75) is 19.1 Å². The monoisotopic (exact) mass is 500 g/mol. The van der Waals surface area contributed by atoms with Crippen LogP contribution in [-0.4, -0.2) is 21.4 Å². The number of rotatable bonds is 4. The van der Waals surface area contributed by atoms with E-state index < -0.39 is 0 Å². The van der Waals surface area contributed by atoms with Crippen LogP contribution in [0.15, 0.2) is 89.2 Å². The molecule has 0 radical (unpaired) electrons. The van der Waals surface area contributed by atoms with Crippen LogP contribution in [0.1, 0.15) is 35.8 Å². The van der Waals surface area contributed by atoms with Gasteiger partial charge in [-0.3, -0.25) is 0 Å². The summed E-state index contributed by atoms with van der Waals surface area (Å²) in [7, 11) is 0. The number of hydrogen-bond acceptors (Lipinski definition) is 5. The number of nitrogens with zero attached hydrogens (tertiary/aromatic N) is 3. The third-order valence-electron chi connectivity index (χ3n) is 6.00. The number of para-hydroxylation sites is 1. The lowest BCUT2D eigenvalue weighted by atomic mass is 9.84. The lowest BCUT2D eigenvalue weighted by Gasteiger charge is -2.39. The lowest BCUT2D eigenvalue weighted by Crippen LogP contribution is -2.32. The summed E-state index contributed by atoms with van der Waals surface area (Å²) in [4.78, 5) is 4.48. The zero-order chi connectivity index (χ0) is 22.4. The van der Waals surface area contributed by atoms with E-state index in [9.17, 15) is 0 Å². The second kappa shape index (κ2) is 8.08. The second-order valence-corrected chi connectivity index (χ2v) is 8.85. The molecule has 33 heavy (non-hydrogen) atoms. The van der Waals surface area contributed by atoms with E-state index in [1.54, 1.807) is 6.33 Å². The Morgan fingerprint density at radius 1 is 1.00 bits per heavy atom. The molecule has 3 heterocycles. The van der Waals surface area contributed by atoms with E-state index in [2.05, 4.69) is 73.8 Å². The minimum Gasteiger partial charge on any atom is -0.494 e. The summed E-state index contributed by atoms with van der Waals surface area (Å²) in [6.07, 6.45) is 1.29. The number of halogens is 1. The largest absolute Gasteiger partial charge is 0.494 e. The number of anilines is 1. The Balaban J connectivity index is 1.56. The number of aromatic nitrogens is 3. The molecule has 164 valence electrons. The summed E-state index contributed by atoms with van der Waals surface area (Å²) in [5.41, 5.74) is 5.29. The Morgan fingerprint density at radius 3 is 2.55 bits per heavy atom. The van der Waals surface area contributed by atoms with Gasteiger partial charge < -0.3 is 14.8 Å². The number of nitrogens with one attached hydrogen (secondary N) is 1. The molecule has 0 saturated carbocycles. The van der Waals surface area contributed by atoms with E-state index in [0.717, 1.165) is 43.9 Å². The molecule has 0 bridgehead atoms. The van der Waals surface area contributed by atoms with Crippen LogP contribution in [0.3, 0.4) is 0 Å². The highest BCUT2D eigenvalue weighted by Gasteiger charge is 2.40. The SMILES string of the molecule is CCOc1ccc([C@H]2Oc3ccccc3C3=C2[C@@H](c2ccc(Br)cc2)n2ncnc2N3)cc1. The maximum atomic E-state index is 6.64. The molecule has 0 fully saturated rings. The summed E-state index contributed by atoms with van der Waals surface area (Å²) < 4.78 is 15.3. The van der Waals surface area contributed by atoms with E-state index in [4.69, 9.17) is 9.47 Å². The van der Waals surface area contributed by atoms with Crippen LogP contribution < -0.4 is 14.8 Å². The molecule has 7 heteroatoms. The summed E-state index contributed by atoms with van der Waals surface area (Å²) in [5, 5.41) is 8.10. The number of benzene rings is 3. The van der Waals surface area contributed by atoms with Crippen molar-refractivity contribution in [1.29, 1.82) is 0 Å². The molecule has 0 aliphatic carbocycles. The Morgan fingerprint density at radius 2 is 1.76 bits per heavy atom. The van der Waals surface area contributed by atoms with Crippen molar-refractivity contribution in [2.24, 2.45) is 0 Å². The molecule has 2 atom stereocenters. The first-order valence-electron chi connectivity index (χ1n) is 10.9. The third-order valence-corrected chi connectivity index (χ3v) is 6.53. The van der Waals surface area contributed by atoms with Crippen molar-refractivity contribution >= 4 is 27.6 Å². The van der Waals surface area contributed by atoms with Crippen molar-refractivity contribution in [3.63, 3.8) is 0 Å². The molecular weight excluding hydrogens is 480 g/mol. The molecule has 0 saturated heterocycles.